The smallest absolute Gasteiger partial charge is 0.0647 e. The van der Waals surface area contributed by atoms with Gasteiger partial charge in [0.2, 0.25) is 0 Å². The first-order valence-corrected chi connectivity index (χ1v) is 7.22. The molecule has 0 spiro atoms. The maximum Gasteiger partial charge on any atom is 0.0647 e. The summed E-state index contributed by atoms with van der Waals surface area (Å²) in [6.45, 7) is 2.30. The first-order chi connectivity index (χ1) is 9.35. The monoisotopic (exact) mass is 255 g/mol. The molecule has 1 aliphatic rings. The minimum atomic E-state index is 0.653. The fourth-order valence-electron chi connectivity index (χ4n) is 2.94. The first-order valence-electron chi connectivity index (χ1n) is 7.22. The van der Waals surface area contributed by atoms with Crippen molar-refractivity contribution in [2.45, 2.75) is 38.6 Å². The fraction of sp³-hybridized carbons (Fsp3) is 0.438. The van der Waals surface area contributed by atoms with Gasteiger partial charge in [-0.05, 0) is 55.5 Å². The number of hydrogen-bond acceptors (Lipinski definition) is 2. The van der Waals surface area contributed by atoms with Gasteiger partial charge in [0.15, 0.2) is 0 Å². The van der Waals surface area contributed by atoms with Gasteiger partial charge in [0.25, 0.3) is 0 Å². The molecule has 2 atom stereocenters. The predicted molar refractivity (Wildman–Crippen MR) is 78.6 cm³/mol. The minimum absolute atomic E-state index is 0.653. The highest BCUT2D eigenvalue weighted by molar-refractivity contribution is 5.49. The molecular formula is C16H21N3. The van der Waals surface area contributed by atoms with Crippen LogP contribution in [0.15, 0.2) is 42.7 Å². The SMILES string of the molecule is CCC1CCC(Nc2ccc(-n3cccn3)cc2)C1. The Labute approximate surface area is 114 Å². The molecule has 3 heteroatoms. The van der Waals surface area contributed by atoms with E-state index in [1.807, 2.05) is 16.9 Å². The van der Waals surface area contributed by atoms with Crippen molar-refractivity contribution in [3.63, 3.8) is 0 Å². The summed E-state index contributed by atoms with van der Waals surface area (Å²) in [5.74, 6) is 0.917. The van der Waals surface area contributed by atoms with Crippen molar-refractivity contribution in [3.8, 4) is 5.69 Å². The molecule has 3 nitrogen and oxygen atoms in total. The van der Waals surface area contributed by atoms with E-state index < -0.39 is 0 Å². The van der Waals surface area contributed by atoms with E-state index in [9.17, 15) is 0 Å². The molecule has 1 fully saturated rings. The van der Waals surface area contributed by atoms with Crippen LogP contribution in [0, 0.1) is 5.92 Å². The topological polar surface area (TPSA) is 29.9 Å². The first kappa shape index (κ1) is 12.3. The van der Waals surface area contributed by atoms with Gasteiger partial charge in [-0.15, -0.1) is 0 Å². The van der Waals surface area contributed by atoms with Crippen LogP contribution in [0.2, 0.25) is 0 Å². The third-order valence-corrected chi connectivity index (χ3v) is 4.13. The van der Waals surface area contributed by atoms with E-state index in [4.69, 9.17) is 0 Å². The van der Waals surface area contributed by atoms with Gasteiger partial charge in [0.05, 0.1) is 5.69 Å². The van der Waals surface area contributed by atoms with Gasteiger partial charge >= 0.3 is 0 Å². The molecular weight excluding hydrogens is 234 g/mol. The average Bonchev–Trinajstić information content (AvgIpc) is 3.10. The third-order valence-electron chi connectivity index (χ3n) is 4.13. The van der Waals surface area contributed by atoms with E-state index in [1.165, 1.54) is 31.4 Å². The van der Waals surface area contributed by atoms with Crippen LogP contribution in [0.3, 0.4) is 0 Å². The molecule has 0 saturated heterocycles. The Morgan fingerprint density at radius 1 is 1.26 bits per heavy atom. The molecule has 1 aromatic heterocycles. The highest BCUT2D eigenvalue weighted by Gasteiger charge is 2.22. The molecule has 0 radical (unpaired) electrons. The van der Waals surface area contributed by atoms with E-state index in [1.54, 1.807) is 6.20 Å². The van der Waals surface area contributed by atoms with Crippen LogP contribution in [0.25, 0.3) is 5.69 Å². The molecule has 0 aliphatic heterocycles. The minimum Gasteiger partial charge on any atom is -0.382 e. The number of benzene rings is 1. The van der Waals surface area contributed by atoms with Crippen molar-refractivity contribution in [1.29, 1.82) is 0 Å². The lowest BCUT2D eigenvalue weighted by Gasteiger charge is -2.14. The highest BCUT2D eigenvalue weighted by Crippen LogP contribution is 2.30. The Bertz CT molecular complexity index is 501. The van der Waals surface area contributed by atoms with Crippen molar-refractivity contribution in [2.24, 2.45) is 5.92 Å². The summed E-state index contributed by atoms with van der Waals surface area (Å²) >= 11 is 0. The molecule has 2 aromatic rings. The number of aromatic nitrogens is 2. The second kappa shape index (κ2) is 5.47. The van der Waals surface area contributed by atoms with Gasteiger partial charge in [-0.1, -0.05) is 13.3 Å². The van der Waals surface area contributed by atoms with E-state index >= 15 is 0 Å². The van der Waals surface area contributed by atoms with Crippen LogP contribution < -0.4 is 5.32 Å². The molecule has 1 aromatic carbocycles. The van der Waals surface area contributed by atoms with E-state index in [2.05, 4.69) is 41.6 Å². The highest BCUT2D eigenvalue weighted by atomic mass is 15.3. The van der Waals surface area contributed by atoms with E-state index in [-0.39, 0.29) is 0 Å². The lowest BCUT2D eigenvalue weighted by Crippen LogP contribution is -2.15. The van der Waals surface area contributed by atoms with Gasteiger partial charge < -0.3 is 5.32 Å². The summed E-state index contributed by atoms with van der Waals surface area (Å²) in [6.07, 6.45) is 9.08. The zero-order valence-corrected chi connectivity index (χ0v) is 11.4. The molecule has 1 saturated carbocycles. The van der Waals surface area contributed by atoms with Crippen molar-refractivity contribution in [1.82, 2.24) is 9.78 Å². The lowest BCUT2D eigenvalue weighted by atomic mass is 10.1. The quantitative estimate of drug-likeness (QED) is 0.899. The Morgan fingerprint density at radius 3 is 2.74 bits per heavy atom. The number of rotatable bonds is 4. The number of nitrogens with zero attached hydrogens (tertiary/aromatic N) is 2. The Hall–Kier alpha value is -1.77. The summed E-state index contributed by atoms with van der Waals surface area (Å²) in [5, 5.41) is 7.88. The third kappa shape index (κ3) is 2.80. The molecule has 1 N–H and O–H groups in total. The number of nitrogens with one attached hydrogen (secondary N) is 1. The van der Waals surface area contributed by atoms with Gasteiger partial charge in [-0.25, -0.2) is 4.68 Å². The maximum atomic E-state index is 4.24. The number of hydrogen-bond donors (Lipinski definition) is 1. The van der Waals surface area contributed by atoms with Crippen LogP contribution in [-0.2, 0) is 0 Å². The zero-order chi connectivity index (χ0) is 13.1. The molecule has 1 aliphatic carbocycles. The van der Waals surface area contributed by atoms with E-state index in [0.29, 0.717) is 6.04 Å². The molecule has 2 unspecified atom stereocenters. The maximum absolute atomic E-state index is 4.24. The average molecular weight is 255 g/mol. The van der Waals surface area contributed by atoms with Crippen LogP contribution in [0.4, 0.5) is 5.69 Å². The van der Waals surface area contributed by atoms with Crippen molar-refractivity contribution < 1.29 is 0 Å². The summed E-state index contributed by atoms with van der Waals surface area (Å²) in [5.41, 5.74) is 2.33. The molecule has 0 bridgehead atoms. The largest absolute Gasteiger partial charge is 0.382 e. The zero-order valence-electron chi connectivity index (χ0n) is 11.4. The normalized spacial score (nSPS) is 22.6. The van der Waals surface area contributed by atoms with Gasteiger partial charge in [-0.3, -0.25) is 0 Å². The van der Waals surface area contributed by atoms with Crippen LogP contribution in [-0.4, -0.2) is 15.8 Å². The molecule has 100 valence electrons. The van der Waals surface area contributed by atoms with Crippen molar-refractivity contribution >= 4 is 5.69 Å². The van der Waals surface area contributed by atoms with Gasteiger partial charge in [0.1, 0.15) is 0 Å². The second-order valence-corrected chi connectivity index (χ2v) is 5.43. The van der Waals surface area contributed by atoms with Gasteiger partial charge in [-0.2, -0.15) is 5.10 Å². The van der Waals surface area contributed by atoms with Gasteiger partial charge in [0, 0.05) is 24.1 Å². The Kier molecular flexibility index (Phi) is 3.53. The lowest BCUT2D eigenvalue weighted by molar-refractivity contribution is 0.525. The Morgan fingerprint density at radius 2 is 2.11 bits per heavy atom. The van der Waals surface area contributed by atoms with E-state index in [0.717, 1.165) is 11.6 Å². The number of anilines is 1. The summed E-state index contributed by atoms with van der Waals surface area (Å²) < 4.78 is 1.88. The standard InChI is InChI=1S/C16H21N3/c1-2-13-4-5-15(12-13)18-14-6-8-16(9-7-14)19-11-3-10-17-19/h3,6-11,13,15,18H,2,4-5,12H2,1H3. The van der Waals surface area contributed by atoms with Crippen molar-refractivity contribution in [3.05, 3.63) is 42.7 Å². The molecule has 19 heavy (non-hydrogen) atoms. The molecule has 1 heterocycles. The predicted octanol–water partition coefficient (Wildman–Crippen LogP) is 3.86. The summed E-state index contributed by atoms with van der Waals surface area (Å²) in [4.78, 5) is 0. The molecule has 3 rings (SSSR count). The summed E-state index contributed by atoms with van der Waals surface area (Å²) in [6, 6.07) is 11.1. The summed E-state index contributed by atoms with van der Waals surface area (Å²) in [7, 11) is 0. The van der Waals surface area contributed by atoms with Crippen molar-refractivity contribution in [2.75, 3.05) is 5.32 Å². The fourth-order valence-corrected chi connectivity index (χ4v) is 2.94. The second-order valence-electron chi connectivity index (χ2n) is 5.43. The molecule has 0 amide bonds. The van der Waals surface area contributed by atoms with Crippen LogP contribution >= 0.6 is 0 Å². The van der Waals surface area contributed by atoms with Crippen LogP contribution in [0.5, 0.6) is 0 Å². The van der Waals surface area contributed by atoms with Crippen LogP contribution in [0.1, 0.15) is 32.6 Å². The Balaban J connectivity index is 1.63.